The summed E-state index contributed by atoms with van der Waals surface area (Å²) in [5, 5.41) is 11.7. The molecule has 0 spiro atoms. The summed E-state index contributed by atoms with van der Waals surface area (Å²) in [7, 11) is 0. The first-order chi connectivity index (χ1) is 9.88. The predicted octanol–water partition coefficient (Wildman–Crippen LogP) is 4.71. The molecule has 2 rings (SSSR count). The number of hydrogen-bond acceptors (Lipinski definition) is 4. The fraction of sp³-hybridized carbons (Fsp3) is 0.143. The third-order valence-electron chi connectivity index (χ3n) is 2.81. The first kappa shape index (κ1) is 15.6. The number of nitro groups is 1. The Morgan fingerprint density at radius 2 is 1.95 bits per heavy atom. The van der Waals surface area contributed by atoms with Gasteiger partial charge in [-0.05, 0) is 36.8 Å². The first-order valence-electron chi connectivity index (χ1n) is 6.05. The molecule has 0 radical (unpaired) electrons. The van der Waals surface area contributed by atoms with Gasteiger partial charge in [0.25, 0.3) is 0 Å². The molecule has 0 saturated heterocycles. The summed E-state index contributed by atoms with van der Waals surface area (Å²) in [5.41, 5.74) is 6.33. The fourth-order valence-electron chi connectivity index (χ4n) is 1.79. The van der Waals surface area contributed by atoms with Crippen LogP contribution in [0.4, 0.5) is 5.69 Å². The van der Waals surface area contributed by atoms with Crippen molar-refractivity contribution in [2.75, 3.05) is 0 Å². The maximum atomic E-state index is 11.0. The normalized spacial score (nSPS) is 12.0. The van der Waals surface area contributed by atoms with Crippen molar-refractivity contribution < 1.29 is 9.66 Å². The average molecular weight is 327 g/mol. The molecule has 0 fully saturated rings. The molecule has 5 nitrogen and oxygen atoms in total. The van der Waals surface area contributed by atoms with Crippen LogP contribution in [-0.2, 0) is 0 Å². The summed E-state index contributed by atoms with van der Waals surface area (Å²) in [5.74, 6) is 0.476. The monoisotopic (exact) mass is 326 g/mol. The molecule has 0 aliphatic heterocycles. The standard InChI is InChI=1S/C14H12Cl2N2O3/c1-8(17)11-4-3-10(7-12(11)16)21-14-5-2-9(15)6-13(14)18(19)20/h2-8H,17H2,1H3. The van der Waals surface area contributed by atoms with Crippen molar-refractivity contribution in [2.45, 2.75) is 13.0 Å². The molecule has 7 heteroatoms. The molecule has 2 aromatic carbocycles. The molecule has 1 unspecified atom stereocenters. The van der Waals surface area contributed by atoms with Gasteiger partial charge in [0, 0.05) is 22.2 Å². The van der Waals surface area contributed by atoms with Gasteiger partial charge in [-0.15, -0.1) is 0 Å². The largest absolute Gasteiger partial charge is 0.450 e. The average Bonchev–Trinajstić information content (AvgIpc) is 2.40. The maximum absolute atomic E-state index is 11.0. The SMILES string of the molecule is CC(N)c1ccc(Oc2ccc(Cl)cc2[N+](=O)[O-])cc1Cl. The van der Waals surface area contributed by atoms with E-state index >= 15 is 0 Å². The zero-order valence-electron chi connectivity index (χ0n) is 11.0. The molecule has 21 heavy (non-hydrogen) atoms. The van der Waals surface area contributed by atoms with E-state index in [1.165, 1.54) is 18.2 Å². The number of rotatable bonds is 4. The van der Waals surface area contributed by atoms with Crippen LogP contribution in [-0.4, -0.2) is 4.92 Å². The quantitative estimate of drug-likeness (QED) is 0.651. The van der Waals surface area contributed by atoms with Gasteiger partial charge in [-0.2, -0.15) is 0 Å². The summed E-state index contributed by atoms with van der Waals surface area (Å²) >= 11 is 11.9. The van der Waals surface area contributed by atoms with Crippen molar-refractivity contribution in [1.29, 1.82) is 0 Å². The Labute approximate surface area is 131 Å². The lowest BCUT2D eigenvalue weighted by Gasteiger charge is -2.11. The zero-order chi connectivity index (χ0) is 15.6. The van der Waals surface area contributed by atoms with Crippen LogP contribution >= 0.6 is 23.2 Å². The van der Waals surface area contributed by atoms with Gasteiger partial charge in [0.05, 0.1) is 4.92 Å². The molecule has 2 aromatic rings. The summed E-state index contributed by atoms with van der Waals surface area (Å²) in [4.78, 5) is 10.4. The Balaban J connectivity index is 2.35. The minimum Gasteiger partial charge on any atom is -0.450 e. The number of halogens is 2. The molecule has 1 atom stereocenters. The minimum absolute atomic E-state index is 0.0917. The van der Waals surface area contributed by atoms with Gasteiger partial charge in [0.15, 0.2) is 0 Å². The highest BCUT2D eigenvalue weighted by atomic mass is 35.5. The van der Waals surface area contributed by atoms with Crippen LogP contribution in [0.3, 0.4) is 0 Å². The number of benzene rings is 2. The Hall–Kier alpha value is -1.82. The number of ether oxygens (including phenoxy) is 1. The van der Waals surface area contributed by atoms with Gasteiger partial charge in [0.2, 0.25) is 5.75 Å². The fourth-order valence-corrected chi connectivity index (χ4v) is 2.30. The first-order valence-corrected chi connectivity index (χ1v) is 6.81. The van der Waals surface area contributed by atoms with Gasteiger partial charge < -0.3 is 10.5 Å². The summed E-state index contributed by atoms with van der Waals surface area (Å²) in [6.45, 7) is 1.81. The van der Waals surface area contributed by atoms with Gasteiger partial charge in [-0.3, -0.25) is 10.1 Å². The molecule has 110 valence electrons. The van der Waals surface area contributed by atoms with E-state index in [9.17, 15) is 10.1 Å². The summed E-state index contributed by atoms with van der Waals surface area (Å²) in [6.07, 6.45) is 0. The lowest BCUT2D eigenvalue weighted by atomic mass is 10.1. The second-order valence-corrected chi connectivity index (χ2v) is 5.29. The van der Waals surface area contributed by atoms with E-state index in [0.29, 0.717) is 10.8 Å². The van der Waals surface area contributed by atoms with Crippen molar-refractivity contribution in [3.05, 3.63) is 62.1 Å². The highest BCUT2D eigenvalue weighted by molar-refractivity contribution is 6.31. The van der Waals surface area contributed by atoms with Crippen molar-refractivity contribution in [3.63, 3.8) is 0 Å². The molecule has 0 aliphatic carbocycles. The van der Waals surface area contributed by atoms with E-state index in [1.807, 2.05) is 6.92 Å². The van der Waals surface area contributed by atoms with Crippen molar-refractivity contribution in [2.24, 2.45) is 5.73 Å². The molecule has 0 heterocycles. The number of nitrogens with two attached hydrogens (primary N) is 1. The van der Waals surface area contributed by atoms with Crippen LogP contribution in [0.5, 0.6) is 11.5 Å². The van der Waals surface area contributed by atoms with E-state index < -0.39 is 4.92 Å². The van der Waals surface area contributed by atoms with E-state index in [4.69, 9.17) is 33.7 Å². The molecule has 0 amide bonds. The third kappa shape index (κ3) is 3.64. The number of nitro benzene ring substituents is 1. The molecular weight excluding hydrogens is 315 g/mol. The van der Waals surface area contributed by atoms with Crippen molar-refractivity contribution >= 4 is 28.9 Å². The van der Waals surface area contributed by atoms with Gasteiger partial charge >= 0.3 is 5.69 Å². The third-order valence-corrected chi connectivity index (χ3v) is 3.37. The Bertz CT molecular complexity index is 690. The van der Waals surface area contributed by atoms with Crippen LogP contribution in [0.25, 0.3) is 0 Å². The molecule has 2 N–H and O–H groups in total. The van der Waals surface area contributed by atoms with Crippen LogP contribution < -0.4 is 10.5 Å². The van der Waals surface area contributed by atoms with Gasteiger partial charge in [0.1, 0.15) is 5.75 Å². The Morgan fingerprint density at radius 1 is 1.24 bits per heavy atom. The number of hydrogen-bond donors (Lipinski definition) is 1. The van der Waals surface area contributed by atoms with Crippen LogP contribution in [0.1, 0.15) is 18.5 Å². The summed E-state index contributed by atoms with van der Waals surface area (Å²) < 4.78 is 5.52. The topological polar surface area (TPSA) is 78.4 Å². The van der Waals surface area contributed by atoms with Crippen LogP contribution in [0.15, 0.2) is 36.4 Å². The molecule has 0 saturated carbocycles. The van der Waals surface area contributed by atoms with Gasteiger partial charge in [-0.1, -0.05) is 29.3 Å². The predicted molar refractivity (Wildman–Crippen MR) is 82.2 cm³/mol. The molecule has 0 aliphatic rings. The van der Waals surface area contributed by atoms with E-state index in [2.05, 4.69) is 0 Å². The van der Waals surface area contributed by atoms with Gasteiger partial charge in [-0.25, -0.2) is 0 Å². The van der Waals surface area contributed by atoms with Crippen LogP contribution in [0.2, 0.25) is 10.0 Å². The summed E-state index contributed by atoms with van der Waals surface area (Å²) in [6, 6.07) is 8.92. The second-order valence-electron chi connectivity index (χ2n) is 4.44. The van der Waals surface area contributed by atoms with E-state index in [1.54, 1.807) is 18.2 Å². The van der Waals surface area contributed by atoms with Crippen molar-refractivity contribution in [3.8, 4) is 11.5 Å². The van der Waals surface area contributed by atoms with E-state index in [-0.39, 0.29) is 22.5 Å². The zero-order valence-corrected chi connectivity index (χ0v) is 12.6. The van der Waals surface area contributed by atoms with Crippen molar-refractivity contribution in [1.82, 2.24) is 0 Å². The Kier molecular flexibility index (Phi) is 4.67. The lowest BCUT2D eigenvalue weighted by Crippen LogP contribution is -2.05. The highest BCUT2D eigenvalue weighted by Gasteiger charge is 2.17. The Morgan fingerprint density at radius 3 is 2.52 bits per heavy atom. The lowest BCUT2D eigenvalue weighted by molar-refractivity contribution is -0.385. The molecule has 0 bridgehead atoms. The van der Waals surface area contributed by atoms with E-state index in [0.717, 1.165) is 5.56 Å². The minimum atomic E-state index is -0.556. The highest BCUT2D eigenvalue weighted by Crippen LogP contribution is 2.35. The van der Waals surface area contributed by atoms with Crippen LogP contribution in [0, 0.1) is 10.1 Å². The number of nitrogens with zero attached hydrogens (tertiary/aromatic N) is 1. The smallest absolute Gasteiger partial charge is 0.313 e. The molecule has 0 aromatic heterocycles. The second kappa shape index (κ2) is 6.30. The molecular formula is C14H12Cl2N2O3. The maximum Gasteiger partial charge on any atom is 0.313 e.